The summed E-state index contributed by atoms with van der Waals surface area (Å²) in [5.41, 5.74) is 0.224. The SMILES string of the molecule is CCCCCCC(CCCCC)C1=NC2(CNC2)CN1. The van der Waals surface area contributed by atoms with Crippen LogP contribution in [0.3, 0.4) is 0 Å². The minimum atomic E-state index is 0.224. The van der Waals surface area contributed by atoms with Crippen LogP contribution in [0.15, 0.2) is 4.99 Å². The molecule has 2 aliphatic heterocycles. The molecule has 1 unspecified atom stereocenters. The standard InChI is InChI=1S/C17H33N3/c1-3-5-7-9-11-15(10-8-6-4-2)16-19-14-17(20-16)12-18-13-17/h15,18H,3-14H2,1-2H3,(H,19,20). The summed E-state index contributed by atoms with van der Waals surface area (Å²) >= 11 is 0. The second-order valence-corrected chi connectivity index (χ2v) is 6.72. The Morgan fingerprint density at radius 2 is 1.60 bits per heavy atom. The molecule has 3 heteroatoms. The summed E-state index contributed by atoms with van der Waals surface area (Å²) in [7, 11) is 0. The summed E-state index contributed by atoms with van der Waals surface area (Å²) in [6.45, 7) is 7.78. The van der Waals surface area contributed by atoms with E-state index in [1.54, 1.807) is 0 Å². The van der Waals surface area contributed by atoms with Crippen molar-refractivity contribution in [3.8, 4) is 0 Å². The zero-order valence-electron chi connectivity index (χ0n) is 13.5. The Balaban J connectivity index is 1.82. The Morgan fingerprint density at radius 1 is 0.950 bits per heavy atom. The average molecular weight is 279 g/mol. The van der Waals surface area contributed by atoms with Crippen LogP contribution in [0, 0.1) is 5.92 Å². The second-order valence-electron chi connectivity index (χ2n) is 6.72. The summed E-state index contributed by atoms with van der Waals surface area (Å²) in [6.07, 6.45) is 12.2. The van der Waals surface area contributed by atoms with Crippen LogP contribution >= 0.6 is 0 Å². The monoisotopic (exact) mass is 279 g/mol. The molecule has 0 bridgehead atoms. The fourth-order valence-corrected chi connectivity index (χ4v) is 3.32. The lowest BCUT2D eigenvalue weighted by Crippen LogP contribution is -2.60. The third-order valence-corrected chi connectivity index (χ3v) is 4.81. The van der Waals surface area contributed by atoms with Gasteiger partial charge in [-0.3, -0.25) is 4.99 Å². The largest absolute Gasteiger partial charge is 0.371 e. The highest BCUT2D eigenvalue weighted by atomic mass is 15.2. The number of nitrogens with zero attached hydrogens (tertiary/aromatic N) is 1. The van der Waals surface area contributed by atoms with Crippen molar-refractivity contribution in [2.75, 3.05) is 19.6 Å². The Kier molecular flexibility index (Phi) is 6.34. The van der Waals surface area contributed by atoms with Crippen LogP contribution in [-0.2, 0) is 0 Å². The van der Waals surface area contributed by atoms with E-state index >= 15 is 0 Å². The Labute approximate surface area is 125 Å². The van der Waals surface area contributed by atoms with Gasteiger partial charge in [0.1, 0.15) is 11.4 Å². The zero-order chi connectivity index (χ0) is 14.3. The molecular weight excluding hydrogens is 246 g/mol. The summed E-state index contributed by atoms with van der Waals surface area (Å²) in [4.78, 5) is 5.05. The number of rotatable bonds is 10. The van der Waals surface area contributed by atoms with Crippen LogP contribution in [0.5, 0.6) is 0 Å². The summed E-state index contributed by atoms with van der Waals surface area (Å²) in [5, 5.41) is 7.00. The summed E-state index contributed by atoms with van der Waals surface area (Å²) < 4.78 is 0. The maximum Gasteiger partial charge on any atom is 0.105 e. The minimum Gasteiger partial charge on any atom is -0.371 e. The molecule has 0 aromatic carbocycles. The maximum atomic E-state index is 5.05. The molecule has 0 saturated carbocycles. The van der Waals surface area contributed by atoms with E-state index in [-0.39, 0.29) is 5.54 Å². The fraction of sp³-hybridized carbons (Fsp3) is 0.941. The van der Waals surface area contributed by atoms with Crippen molar-refractivity contribution >= 4 is 5.84 Å². The fourth-order valence-electron chi connectivity index (χ4n) is 3.32. The van der Waals surface area contributed by atoms with E-state index in [0.717, 1.165) is 19.6 Å². The molecular formula is C17H33N3. The van der Waals surface area contributed by atoms with E-state index in [1.807, 2.05) is 0 Å². The lowest BCUT2D eigenvalue weighted by Gasteiger charge is -2.35. The van der Waals surface area contributed by atoms with Gasteiger partial charge in [0.2, 0.25) is 0 Å². The quantitative estimate of drug-likeness (QED) is 0.601. The first-order valence-corrected chi connectivity index (χ1v) is 8.84. The van der Waals surface area contributed by atoms with Gasteiger partial charge in [0, 0.05) is 25.6 Å². The van der Waals surface area contributed by atoms with E-state index in [9.17, 15) is 0 Å². The van der Waals surface area contributed by atoms with Crippen molar-refractivity contribution < 1.29 is 0 Å². The molecule has 20 heavy (non-hydrogen) atoms. The Hall–Kier alpha value is -0.570. The molecule has 0 radical (unpaired) electrons. The van der Waals surface area contributed by atoms with E-state index in [4.69, 9.17) is 4.99 Å². The van der Waals surface area contributed by atoms with Gasteiger partial charge in [0.25, 0.3) is 0 Å². The molecule has 3 nitrogen and oxygen atoms in total. The lowest BCUT2D eigenvalue weighted by atomic mass is 9.93. The molecule has 2 rings (SSSR count). The first-order valence-electron chi connectivity index (χ1n) is 8.84. The lowest BCUT2D eigenvalue weighted by molar-refractivity contribution is 0.300. The van der Waals surface area contributed by atoms with Crippen LogP contribution in [0.2, 0.25) is 0 Å². The van der Waals surface area contributed by atoms with Crippen LogP contribution in [0.1, 0.15) is 71.6 Å². The normalized spacial score (nSPS) is 21.4. The average Bonchev–Trinajstić information content (AvgIpc) is 2.87. The second kappa shape index (κ2) is 8.02. The number of nitrogens with one attached hydrogen (secondary N) is 2. The molecule has 116 valence electrons. The predicted octanol–water partition coefficient (Wildman–Crippen LogP) is 3.50. The zero-order valence-corrected chi connectivity index (χ0v) is 13.5. The number of aliphatic imine (C=N–C) groups is 1. The van der Waals surface area contributed by atoms with Gasteiger partial charge in [-0.1, -0.05) is 58.8 Å². The van der Waals surface area contributed by atoms with Gasteiger partial charge in [0.15, 0.2) is 0 Å². The number of amidine groups is 1. The van der Waals surface area contributed by atoms with Gasteiger partial charge in [-0.2, -0.15) is 0 Å². The van der Waals surface area contributed by atoms with Gasteiger partial charge in [0.05, 0.1) is 0 Å². The van der Waals surface area contributed by atoms with E-state index in [2.05, 4.69) is 24.5 Å². The van der Waals surface area contributed by atoms with Gasteiger partial charge in [-0.15, -0.1) is 0 Å². The van der Waals surface area contributed by atoms with Crippen molar-refractivity contribution in [3.05, 3.63) is 0 Å². The van der Waals surface area contributed by atoms with Crippen LogP contribution in [0.25, 0.3) is 0 Å². The Morgan fingerprint density at radius 3 is 2.15 bits per heavy atom. The molecule has 1 atom stereocenters. The third-order valence-electron chi connectivity index (χ3n) is 4.81. The number of hydrogen-bond acceptors (Lipinski definition) is 3. The summed E-state index contributed by atoms with van der Waals surface area (Å²) in [5.74, 6) is 2.03. The molecule has 0 aliphatic carbocycles. The maximum absolute atomic E-state index is 5.05. The van der Waals surface area contributed by atoms with Crippen molar-refractivity contribution in [2.45, 2.75) is 77.2 Å². The number of hydrogen-bond donors (Lipinski definition) is 2. The molecule has 2 N–H and O–H groups in total. The molecule has 1 spiro atoms. The van der Waals surface area contributed by atoms with Crippen LogP contribution < -0.4 is 10.6 Å². The smallest absolute Gasteiger partial charge is 0.105 e. The molecule has 1 fully saturated rings. The van der Waals surface area contributed by atoms with Crippen LogP contribution in [-0.4, -0.2) is 31.0 Å². The van der Waals surface area contributed by atoms with Gasteiger partial charge in [-0.25, -0.2) is 0 Å². The Bertz CT molecular complexity index is 307. The number of unbranched alkanes of at least 4 members (excludes halogenated alkanes) is 5. The highest BCUT2D eigenvalue weighted by molar-refractivity contribution is 5.87. The third kappa shape index (κ3) is 4.21. The molecule has 0 aromatic heterocycles. The molecule has 1 saturated heterocycles. The van der Waals surface area contributed by atoms with E-state index in [1.165, 1.54) is 63.6 Å². The van der Waals surface area contributed by atoms with Crippen LogP contribution in [0.4, 0.5) is 0 Å². The topological polar surface area (TPSA) is 36.4 Å². The van der Waals surface area contributed by atoms with E-state index in [0.29, 0.717) is 5.92 Å². The highest BCUT2D eigenvalue weighted by Gasteiger charge is 2.41. The molecule has 0 aromatic rings. The summed E-state index contributed by atoms with van der Waals surface area (Å²) in [6, 6.07) is 0. The molecule has 2 heterocycles. The minimum absolute atomic E-state index is 0.224. The first-order chi connectivity index (χ1) is 9.79. The van der Waals surface area contributed by atoms with Crippen molar-refractivity contribution in [3.63, 3.8) is 0 Å². The van der Waals surface area contributed by atoms with Crippen molar-refractivity contribution in [1.82, 2.24) is 10.6 Å². The highest BCUT2D eigenvalue weighted by Crippen LogP contribution is 2.26. The van der Waals surface area contributed by atoms with Gasteiger partial charge in [-0.05, 0) is 12.8 Å². The van der Waals surface area contributed by atoms with E-state index < -0.39 is 0 Å². The van der Waals surface area contributed by atoms with Crippen molar-refractivity contribution in [1.29, 1.82) is 0 Å². The molecule has 2 aliphatic rings. The predicted molar refractivity (Wildman–Crippen MR) is 87.4 cm³/mol. The first kappa shape index (κ1) is 15.8. The van der Waals surface area contributed by atoms with Crippen molar-refractivity contribution in [2.24, 2.45) is 10.9 Å². The van der Waals surface area contributed by atoms with Gasteiger partial charge < -0.3 is 10.6 Å². The molecule has 0 amide bonds. The van der Waals surface area contributed by atoms with Gasteiger partial charge >= 0.3 is 0 Å².